The molecule has 0 fully saturated rings. The number of aryl methyl sites for hydroxylation is 1. The van der Waals surface area contributed by atoms with Crippen molar-refractivity contribution in [3.63, 3.8) is 0 Å². The number of carboxylic acid groups (broad SMARTS) is 1. The van der Waals surface area contributed by atoms with Crippen molar-refractivity contribution in [2.24, 2.45) is 0 Å². The monoisotopic (exact) mass is 332 g/mol. The number of halogens is 1. The van der Waals surface area contributed by atoms with Crippen molar-refractivity contribution in [3.05, 3.63) is 65.2 Å². The van der Waals surface area contributed by atoms with Gasteiger partial charge in [0.2, 0.25) is 0 Å². The number of carbonyl (C=O) groups is 1. The van der Waals surface area contributed by atoms with Gasteiger partial charge in [-0.25, -0.2) is 4.79 Å². The summed E-state index contributed by atoms with van der Waals surface area (Å²) in [6, 6.07) is 16.9. The van der Waals surface area contributed by atoms with E-state index >= 15 is 0 Å². The maximum absolute atomic E-state index is 11.3. The van der Waals surface area contributed by atoms with E-state index < -0.39 is 12.1 Å². The van der Waals surface area contributed by atoms with Crippen LogP contribution in [0.1, 0.15) is 31.2 Å². The molecule has 0 saturated carbocycles. The summed E-state index contributed by atoms with van der Waals surface area (Å²) in [5.74, 6) is -0.312. The highest BCUT2D eigenvalue weighted by atomic mass is 35.5. The van der Waals surface area contributed by atoms with E-state index in [1.165, 1.54) is 5.56 Å². The highest BCUT2D eigenvalue weighted by molar-refractivity contribution is 6.30. The second-order valence-corrected chi connectivity index (χ2v) is 5.92. The predicted molar refractivity (Wildman–Crippen MR) is 92.1 cm³/mol. The largest absolute Gasteiger partial charge is 0.479 e. The SMILES string of the molecule is O=C(O)C(CCCCCc1ccc(Cl)cc1)Oc1ccccc1. The molecule has 2 rings (SSSR count). The minimum absolute atomic E-state index is 0.519. The topological polar surface area (TPSA) is 46.5 Å². The third kappa shape index (κ3) is 6.33. The van der Waals surface area contributed by atoms with Gasteiger partial charge >= 0.3 is 5.97 Å². The summed E-state index contributed by atoms with van der Waals surface area (Å²) < 4.78 is 5.54. The van der Waals surface area contributed by atoms with Gasteiger partial charge in [-0.2, -0.15) is 0 Å². The van der Waals surface area contributed by atoms with Gasteiger partial charge in [-0.3, -0.25) is 0 Å². The first-order chi connectivity index (χ1) is 11.1. The van der Waals surface area contributed by atoms with Gasteiger partial charge in [0.05, 0.1) is 0 Å². The van der Waals surface area contributed by atoms with Gasteiger partial charge in [-0.15, -0.1) is 0 Å². The minimum Gasteiger partial charge on any atom is -0.479 e. The number of benzene rings is 2. The molecule has 1 atom stereocenters. The van der Waals surface area contributed by atoms with Crippen molar-refractivity contribution in [3.8, 4) is 5.75 Å². The van der Waals surface area contributed by atoms with Crippen molar-refractivity contribution >= 4 is 17.6 Å². The second-order valence-electron chi connectivity index (χ2n) is 5.48. The van der Waals surface area contributed by atoms with Gasteiger partial charge in [0, 0.05) is 5.02 Å². The zero-order valence-corrected chi connectivity index (χ0v) is 13.7. The Morgan fingerprint density at radius 3 is 2.35 bits per heavy atom. The van der Waals surface area contributed by atoms with E-state index in [0.717, 1.165) is 30.7 Å². The van der Waals surface area contributed by atoms with Crippen LogP contribution in [0.25, 0.3) is 0 Å². The number of carboxylic acids is 1. The van der Waals surface area contributed by atoms with Crippen molar-refractivity contribution in [2.75, 3.05) is 0 Å². The molecule has 3 nitrogen and oxygen atoms in total. The van der Waals surface area contributed by atoms with Crippen molar-refractivity contribution in [2.45, 2.75) is 38.2 Å². The molecular formula is C19H21ClO3. The van der Waals surface area contributed by atoms with Gasteiger partial charge in [0.25, 0.3) is 0 Å². The van der Waals surface area contributed by atoms with Crippen LogP contribution in [0.4, 0.5) is 0 Å². The molecule has 0 aliphatic carbocycles. The van der Waals surface area contributed by atoms with E-state index in [4.69, 9.17) is 16.3 Å². The molecule has 0 aliphatic heterocycles. The lowest BCUT2D eigenvalue weighted by Gasteiger charge is -2.15. The Bertz CT molecular complexity index is 596. The number of hydrogen-bond acceptors (Lipinski definition) is 2. The Morgan fingerprint density at radius 1 is 1.00 bits per heavy atom. The van der Waals surface area contributed by atoms with Crippen LogP contribution < -0.4 is 4.74 Å². The molecule has 0 spiro atoms. The van der Waals surface area contributed by atoms with E-state index in [-0.39, 0.29) is 0 Å². The van der Waals surface area contributed by atoms with Crippen LogP contribution in [-0.2, 0) is 11.2 Å². The molecule has 0 heterocycles. The third-order valence-electron chi connectivity index (χ3n) is 3.64. The summed E-state index contributed by atoms with van der Waals surface area (Å²) in [6.07, 6.45) is 3.55. The van der Waals surface area contributed by atoms with Crippen LogP contribution in [0, 0.1) is 0 Å². The van der Waals surface area contributed by atoms with Crippen LogP contribution in [0.3, 0.4) is 0 Å². The van der Waals surface area contributed by atoms with E-state index in [2.05, 4.69) is 0 Å². The van der Waals surface area contributed by atoms with Gasteiger partial charge < -0.3 is 9.84 Å². The average Bonchev–Trinajstić information content (AvgIpc) is 2.56. The summed E-state index contributed by atoms with van der Waals surface area (Å²) in [6.45, 7) is 0. The van der Waals surface area contributed by atoms with Crippen molar-refractivity contribution in [1.82, 2.24) is 0 Å². The van der Waals surface area contributed by atoms with E-state index in [9.17, 15) is 9.90 Å². The zero-order chi connectivity index (χ0) is 16.5. The highest BCUT2D eigenvalue weighted by Crippen LogP contribution is 2.16. The van der Waals surface area contributed by atoms with Crippen LogP contribution in [0.5, 0.6) is 5.75 Å². The van der Waals surface area contributed by atoms with Gasteiger partial charge in [0.15, 0.2) is 6.10 Å². The highest BCUT2D eigenvalue weighted by Gasteiger charge is 2.18. The standard InChI is InChI=1S/C19H21ClO3/c20-16-13-11-15(12-14-16)7-3-1-6-10-18(19(21)22)23-17-8-4-2-5-9-17/h2,4-5,8-9,11-14,18H,1,3,6-7,10H2,(H,21,22). The molecule has 0 aromatic heterocycles. The van der Waals surface area contributed by atoms with Gasteiger partial charge in [-0.1, -0.05) is 48.4 Å². The lowest BCUT2D eigenvalue weighted by atomic mass is 10.0. The Hall–Kier alpha value is -2.00. The van der Waals surface area contributed by atoms with E-state index in [0.29, 0.717) is 12.2 Å². The number of ether oxygens (including phenoxy) is 1. The molecule has 4 heteroatoms. The van der Waals surface area contributed by atoms with Crippen LogP contribution in [0.2, 0.25) is 5.02 Å². The summed E-state index contributed by atoms with van der Waals surface area (Å²) in [7, 11) is 0. The lowest BCUT2D eigenvalue weighted by Crippen LogP contribution is -2.26. The van der Waals surface area contributed by atoms with E-state index in [1.54, 1.807) is 12.1 Å². The average molecular weight is 333 g/mol. The van der Waals surface area contributed by atoms with Crippen LogP contribution in [-0.4, -0.2) is 17.2 Å². The molecule has 0 bridgehead atoms. The summed E-state index contributed by atoms with van der Waals surface area (Å²) in [5.41, 5.74) is 1.25. The fraction of sp³-hybridized carbons (Fsp3) is 0.316. The first-order valence-corrected chi connectivity index (χ1v) is 8.22. The van der Waals surface area contributed by atoms with Crippen molar-refractivity contribution in [1.29, 1.82) is 0 Å². The number of aliphatic carboxylic acids is 1. The number of unbranched alkanes of at least 4 members (excludes halogenated alkanes) is 2. The molecule has 23 heavy (non-hydrogen) atoms. The molecule has 0 radical (unpaired) electrons. The molecule has 1 N–H and O–H groups in total. The first kappa shape index (κ1) is 17.4. The molecular weight excluding hydrogens is 312 g/mol. The van der Waals surface area contributed by atoms with Gasteiger partial charge in [0.1, 0.15) is 5.75 Å². The Kier molecular flexibility index (Phi) is 6.95. The fourth-order valence-electron chi connectivity index (χ4n) is 2.38. The van der Waals surface area contributed by atoms with Crippen molar-refractivity contribution < 1.29 is 14.6 Å². The maximum atomic E-state index is 11.3. The number of hydrogen-bond donors (Lipinski definition) is 1. The normalized spacial score (nSPS) is 11.9. The predicted octanol–water partition coefficient (Wildman–Crippen LogP) is 4.98. The summed E-state index contributed by atoms with van der Waals surface area (Å²) >= 11 is 5.86. The fourth-order valence-corrected chi connectivity index (χ4v) is 2.51. The Morgan fingerprint density at radius 2 is 1.70 bits per heavy atom. The van der Waals surface area contributed by atoms with E-state index in [1.807, 2.05) is 42.5 Å². The van der Waals surface area contributed by atoms with Crippen LogP contribution in [0.15, 0.2) is 54.6 Å². The molecule has 2 aromatic rings. The molecule has 122 valence electrons. The number of rotatable bonds is 9. The molecule has 2 aromatic carbocycles. The lowest BCUT2D eigenvalue weighted by molar-refractivity contribution is -0.145. The second kappa shape index (κ2) is 9.21. The first-order valence-electron chi connectivity index (χ1n) is 7.84. The van der Waals surface area contributed by atoms with Crippen LogP contribution >= 0.6 is 11.6 Å². The molecule has 0 saturated heterocycles. The summed E-state index contributed by atoms with van der Waals surface area (Å²) in [4.78, 5) is 11.3. The maximum Gasteiger partial charge on any atom is 0.344 e. The smallest absolute Gasteiger partial charge is 0.344 e. The number of para-hydroxylation sites is 1. The molecule has 0 amide bonds. The summed E-state index contributed by atoms with van der Waals surface area (Å²) in [5, 5.41) is 10.0. The quantitative estimate of drug-likeness (QED) is 0.659. The van der Waals surface area contributed by atoms with Gasteiger partial charge in [-0.05, 0) is 55.5 Å². The minimum atomic E-state index is -0.911. The molecule has 1 unspecified atom stereocenters. The third-order valence-corrected chi connectivity index (χ3v) is 3.89. The Balaban J connectivity index is 1.70. The Labute approximate surface area is 141 Å². The molecule has 0 aliphatic rings. The zero-order valence-electron chi connectivity index (χ0n) is 13.0.